The van der Waals surface area contributed by atoms with Crippen LogP contribution in [0.2, 0.25) is 0 Å². The van der Waals surface area contributed by atoms with Crippen LogP contribution in [0.5, 0.6) is 0 Å². The van der Waals surface area contributed by atoms with Crippen molar-refractivity contribution in [2.24, 2.45) is 0 Å². The average molecular weight is 398 g/mol. The molecule has 1 aliphatic heterocycles. The van der Waals surface area contributed by atoms with E-state index in [0.29, 0.717) is 17.8 Å². The minimum absolute atomic E-state index is 0.0104. The lowest BCUT2D eigenvalue weighted by Crippen LogP contribution is -2.28. The number of rotatable bonds is 3. The van der Waals surface area contributed by atoms with E-state index >= 15 is 0 Å². The number of hydrogen-bond donors (Lipinski definition) is 1. The standard InChI is InChI=1S/C24H18N2O2S/c27-23(20-8-3-6-16-5-1-2-7-19(16)20)25-18-11-10-17-12-13-26(21(17)15-18)24(28)22-9-4-14-29-22/h1-11,14-15H,12-13H2,(H,25,27). The Bertz CT molecular complexity index is 1230. The van der Waals surface area contributed by atoms with Crippen molar-refractivity contribution in [1.82, 2.24) is 0 Å². The lowest BCUT2D eigenvalue weighted by Gasteiger charge is -2.17. The lowest BCUT2D eigenvalue weighted by molar-refractivity contribution is 0.0991. The summed E-state index contributed by atoms with van der Waals surface area (Å²) in [4.78, 5) is 28.3. The maximum Gasteiger partial charge on any atom is 0.268 e. The first-order valence-corrected chi connectivity index (χ1v) is 10.4. The van der Waals surface area contributed by atoms with Gasteiger partial charge in [-0.3, -0.25) is 9.59 Å². The molecule has 1 aliphatic rings. The zero-order valence-electron chi connectivity index (χ0n) is 15.6. The van der Waals surface area contributed by atoms with E-state index in [2.05, 4.69) is 5.32 Å². The minimum atomic E-state index is -0.157. The van der Waals surface area contributed by atoms with E-state index in [1.807, 2.05) is 78.2 Å². The summed E-state index contributed by atoms with van der Waals surface area (Å²) in [5, 5.41) is 6.86. The number of carbonyl (C=O) groups is 2. The van der Waals surface area contributed by atoms with Gasteiger partial charge in [-0.25, -0.2) is 0 Å². The molecule has 0 fully saturated rings. The van der Waals surface area contributed by atoms with Crippen LogP contribution in [0.4, 0.5) is 11.4 Å². The second-order valence-electron chi connectivity index (χ2n) is 7.01. The van der Waals surface area contributed by atoms with E-state index in [4.69, 9.17) is 0 Å². The van der Waals surface area contributed by atoms with Crippen molar-refractivity contribution in [2.45, 2.75) is 6.42 Å². The number of amides is 2. The first-order valence-electron chi connectivity index (χ1n) is 9.48. The van der Waals surface area contributed by atoms with E-state index in [1.54, 1.807) is 4.90 Å². The van der Waals surface area contributed by atoms with Crippen molar-refractivity contribution >= 4 is 45.3 Å². The van der Waals surface area contributed by atoms with Gasteiger partial charge in [0.05, 0.1) is 4.88 Å². The van der Waals surface area contributed by atoms with Gasteiger partial charge in [0.2, 0.25) is 0 Å². The molecule has 2 heterocycles. The largest absolute Gasteiger partial charge is 0.322 e. The van der Waals surface area contributed by atoms with E-state index in [0.717, 1.165) is 33.3 Å². The predicted octanol–water partition coefficient (Wildman–Crippen LogP) is 5.36. The molecule has 0 spiro atoms. The molecule has 0 bridgehead atoms. The quantitative estimate of drug-likeness (QED) is 0.505. The zero-order chi connectivity index (χ0) is 19.8. The summed E-state index contributed by atoms with van der Waals surface area (Å²) in [6, 6.07) is 23.1. The van der Waals surface area contributed by atoms with Crippen LogP contribution in [-0.2, 0) is 6.42 Å². The molecule has 2 amide bonds. The molecule has 1 N–H and O–H groups in total. The molecule has 1 aromatic heterocycles. The third-order valence-electron chi connectivity index (χ3n) is 5.25. The SMILES string of the molecule is O=C(Nc1ccc2c(c1)N(C(=O)c1cccs1)CC2)c1cccc2ccccc12. The summed E-state index contributed by atoms with van der Waals surface area (Å²) in [6.07, 6.45) is 0.823. The van der Waals surface area contributed by atoms with Crippen LogP contribution >= 0.6 is 11.3 Å². The molecular formula is C24H18N2O2S. The number of anilines is 2. The van der Waals surface area contributed by atoms with E-state index in [1.165, 1.54) is 11.3 Å². The summed E-state index contributed by atoms with van der Waals surface area (Å²) >= 11 is 1.44. The van der Waals surface area contributed by atoms with Gasteiger partial charge in [-0.15, -0.1) is 11.3 Å². The molecule has 5 heteroatoms. The number of thiophene rings is 1. The summed E-state index contributed by atoms with van der Waals surface area (Å²) < 4.78 is 0. The van der Waals surface area contributed by atoms with Gasteiger partial charge in [0.1, 0.15) is 0 Å². The Hall–Kier alpha value is -3.44. The maximum absolute atomic E-state index is 12.9. The number of benzene rings is 3. The second kappa shape index (κ2) is 7.18. The Morgan fingerprint density at radius 2 is 1.79 bits per heavy atom. The maximum atomic E-state index is 12.9. The number of nitrogens with zero attached hydrogens (tertiary/aromatic N) is 1. The minimum Gasteiger partial charge on any atom is -0.322 e. The smallest absolute Gasteiger partial charge is 0.268 e. The molecule has 0 atom stereocenters. The van der Waals surface area contributed by atoms with Crippen LogP contribution in [0.15, 0.2) is 78.2 Å². The first kappa shape index (κ1) is 17.6. The van der Waals surface area contributed by atoms with Crippen molar-refractivity contribution in [3.63, 3.8) is 0 Å². The number of hydrogen-bond acceptors (Lipinski definition) is 3. The molecule has 0 saturated heterocycles. The topological polar surface area (TPSA) is 49.4 Å². The molecule has 0 aliphatic carbocycles. The third-order valence-corrected chi connectivity index (χ3v) is 6.11. The molecule has 5 rings (SSSR count). The Balaban J connectivity index is 1.44. The van der Waals surface area contributed by atoms with Crippen molar-refractivity contribution in [2.75, 3.05) is 16.8 Å². The highest BCUT2D eigenvalue weighted by molar-refractivity contribution is 7.12. The highest BCUT2D eigenvalue weighted by Crippen LogP contribution is 2.33. The molecule has 0 saturated carbocycles. The fourth-order valence-corrected chi connectivity index (χ4v) is 4.49. The molecule has 4 aromatic rings. The van der Waals surface area contributed by atoms with Crippen LogP contribution < -0.4 is 10.2 Å². The van der Waals surface area contributed by atoms with E-state index in [-0.39, 0.29) is 11.8 Å². The number of nitrogens with one attached hydrogen (secondary N) is 1. The molecule has 29 heavy (non-hydrogen) atoms. The van der Waals surface area contributed by atoms with Crippen LogP contribution in [-0.4, -0.2) is 18.4 Å². The van der Waals surface area contributed by atoms with Gasteiger partial charge >= 0.3 is 0 Å². The van der Waals surface area contributed by atoms with Gasteiger partial charge in [-0.05, 0) is 52.4 Å². The highest BCUT2D eigenvalue weighted by Gasteiger charge is 2.26. The molecular weight excluding hydrogens is 380 g/mol. The van der Waals surface area contributed by atoms with E-state index < -0.39 is 0 Å². The Kier molecular flexibility index (Phi) is 4.37. The second-order valence-corrected chi connectivity index (χ2v) is 7.96. The fraction of sp³-hybridized carbons (Fsp3) is 0.0833. The molecule has 4 nitrogen and oxygen atoms in total. The van der Waals surface area contributed by atoms with Gasteiger partial charge in [-0.1, -0.05) is 48.5 Å². The molecule has 0 radical (unpaired) electrons. The molecule has 0 unspecified atom stereocenters. The summed E-state index contributed by atoms with van der Waals surface area (Å²) in [6.45, 7) is 0.660. The van der Waals surface area contributed by atoms with Crippen LogP contribution in [0.25, 0.3) is 10.8 Å². The fourth-order valence-electron chi connectivity index (χ4n) is 3.82. The summed E-state index contributed by atoms with van der Waals surface area (Å²) in [5.41, 5.74) is 3.32. The summed E-state index contributed by atoms with van der Waals surface area (Å²) in [7, 11) is 0. The first-order chi connectivity index (χ1) is 14.2. The number of carbonyl (C=O) groups excluding carboxylic acids is 2. The van der Waals surface area contributed by atoms with Crippen LogP contribution in [0, 0.1) is 0 Å². The van der Waals surface area contributed by atoms with Crippen molar-refractivity contribution < 1.29 is 9.59 Å². The van der Waals surface area contributed by atoms with Crippen molar-refractivity contribution in [3.05, 3.63) is 94.2 Å². The number of fused-ring (bicyclic) bond motifs is 2. The Labute approximate surface area is 172 Å². The van der Waals surface area contributed by atoms with Gasteiger partial charge < -0.3 is 10.2 Å². The van der Waals surface area contributed by atoms with Gasteiger partial charge in [0, 0.05) is 23.5 Å². The zero-order valence-corrected chi connectivity index (χ0v) is 16.4. The highest BCUT2D eigenvalue weighted by atomic mass is 32.1. The average Bonchev–Trinajstić information content (AvgIpc) is 3.43. The Morgan fingerprint density at radius 3 is 2.66 bits per heavy atom. The monoisotopic (exact) mass is 398 g/mol. The van der Waals surface area contributed by atoms with Crippen molar-refractivity contribution in [3.8, 4) is 0 Å². The van der Waals surface area contributed by atoms with Crippen molar-refractivity contribution in [1.29, 1.82) is 0 Å². The Morgan fingerprint density at radius 1 is 0.931 bits per heavy atom. The summed E-state index contributed by atoms with van der Waals surface area (Å²) in [5.74, 6) is -0.146. The third kappa shape index (κ3) is 3.19. The van der Waals surface area contributed by atoms with E-state index in [9.17, 15) is 9.59 Å². The van der Waals surface area contributed by atoms with Gasteiger partial charge in [0.15, 0.2) is 0 Å². The molecule has 142 valence electrons. The van der Waals surface area contributed by atoms with Gasteiger partial charge in [-0.2, -0.15) is 0 Å². The molecule has 3 aromatic carbocycles. The van der Waals surface area contributed by atoms with Crippen LogP contribution in [0.3, 0.4) is 0 Å². The normalized spacial score (nSPS) is 12.8. The van der Waals surface area contributed by atoms with Crippen LogP contribution in [0.1, 0.15) is 25.6 Å². The lowest BCUT2D eigenvalue weighted by atomic mass is 10.0. The predicted molar refractivity (Wildman–Crippen MR) is 118 cm³/mol. The van der Waals surface area contributed by atoms with Gasteiger partial charge in [0.25, 0.3) is 11.8 Å².